The number of hydrogen-bond acceptors (Lipinski definition) is 5. The summed E-state index contributed by atoms with van der Waals surface area (Å²) in [6.45, 7) is 3.98. The minimum Gasteiger partial charge on any atom is -0.491 e. The SMILES string of the molecule is C=CCc1ccccc1OCC(O)CSc1ncn(-c2ccccc2)n1. The molecule has 3 aromatic rings. The predicted molar refractivity (Wildman–Crippen MR) is 104 cm³/mol. The summed E-state index contributed by atoms with van der Waals surface area (Å²) in [5, 5.41) is 15.2. The third kappa shape index (κ3) is 4.97. The number of para-hydroxylation sites is 2. The number of aromatic nitrogens is 3. The molecule has 5 nitrogen and oxygen atoms in total. The van der Waals surface area contributed by atoms with Gasteiger partial charge in [-0.05, 0) is 30.2 Å². The fourth-order valence-corrected chi connectivity index (χ4v) is 3.10. The van der Waals surface area contributed by atoms with Crippen molar-refractivity contribution in [2.45, 2.75) is 17.7 Å². The van der Waals surface area contributed by atoms with Gasteiger partial charge < -0.3 is 9.84 Å². The van der Waals surface area contributed by atoms with E-state index < -0.39 is 6.10 Å². The molecule has 0 fully saturated rings. The molecular formula is C20H21N3O2S. The Balaban J connectivity index is 1.50. The predicted octanol–water partition coefficient (Wildman–Crippen LogP) is 3.53. The maximum absolute atomic E-state index is 10.2. The van der Waals surface area contributed by atoms with Gasteiger partial charge in [-0.15, -0.1) is 11.7 Å². The Morgan fingerprint density at radius 3 is 2.73 bits per heavy atom. The number of rotatable bonds is 9. The molecule has 1 heterocycles. The van der Waals surface area contributed by atoms with Gasteiger partial charge in [-0.2, -0.15) is 0 Å². The molecule has 6 heteroatoms. The molecular weight excluding hydrogens is 346 g/mol. The quantitative estimate of drug-likeness (QED) is 0.463. The maximum atomic E-state index is 10.2. The minimum atomic E-state index is -0.611. The molecule has 26 heavy (non-hydrogen) atoms. The van der Waals surface area contributed by atoms with E-state index in [-0.39, 0.29) is 6.61 Å². The summed E-state index contributed by atoms with van der Waals surface area (Å²) in [6, 6.07) is 17.6. The lowest BCUT2D eigenvalue weighted by Gasteiger charge is -2.13. The van der Waals surface area contributed by atoms with Gasteiger partial charge in [0.2, 0.25) is 5.16 Å². The highest BCUT2D eigenvalue weighted by atomic mass is 32.2. The van der Waals surface area contributed by atoms with E-state index in [9.17, 15) is 5.11 Å². The summed E-state index contributed by atoms with van der Waals surface area (Å²) in [4.78, 5) is 4.27. The van der Waals surface area contributed by atoms with Crippen molar-refractivity contribution in [2.24, 2.45) is 0 Å². The largest absolute Gasteiger partial charge is 0.491 e. The van der Waals surface area contributed by atoms with Crippen molar-refractivity contribution in [1.29, 1.82) is 0 Å². The second kappa shape index (κ2) is 9.22. The van der Waals surface area contributed by atoms with Crippen LogP contribution in [0.25, 0.3) is 5.69 Å². The number of aliphatic hydroxyl groups excluding tert-OH is 1. The van der Waals surface area contributed by atoms with E-state index in [4.69, 9.17) is 4.74 Å². The summed E-state index contributed by atoms with van der Waals surface area (Å²) >= 11 is 1.40. The Kier molecular flexibility index (Phi) is 6.46. The first-order chi connectivity index (χ1) is 12.8. The number of thioether (sulfide) groups is 1. The Morgan fingerprint density at radius 2 is 1.92 bits per heavy atom. The minimum absolute atomic E-state index is 0.223. The van der Waals surface area contributed by atoms with Crippen molar-refractivity contribution >= 4 is 11.8 Å². The monoisotopic (exact) mass is 367 g/mol. The van der Waals surface area contributed by atoms with Crippen LogP contribution in [-0.2, 0) is 6.42 Å². The third-order valence-corrected chi connectivity index (χ3v) is 4.66. The van der Waals surface area contributed by atoms with Gasteiger partial charge in [-0.1, -0.05) is 54.2 Å². The molecule has 1 unspecified atom stereocenters. The van der Waals surface area contributed by atoms with Crippen molar-refractivity contribution in [1.82, 2.24) is 14.8 Å². The number of aliphatic hydroxyl groups is 1. The molecule has 0 spiro atoms. The molecule has 0 aliphatic heterocycles. The molecule has 1 N–H and O–H groups in total. The van der Waals surface area contributed by atoms with Crippen molar-refractivity contribution in [3.05, 3.63) is 79.1 Å². The van der Waals surface area contributed by atoms with Gasteiger partial charge >= 0.3 is 0 Å². The Hall–Kier alpha value is -2.57. The van der Waals surface area contributed by atoms with E-state index in [1.165, 1.54) is 11.8 Å². The molecule has 2 aromatic carbocycles. The maximum Gasteiger partial charge on any atom is 0.208 e. The molecule has 0 saturated heterocycles. The fraction of sp³-hybridized carbons (Fsp3) is 0.200. The first kappa shape index (κ1) is 18.2. The van der Waals surface area contributed by atoms with Crippen LogP contribution < -0.4 is 4.74 Å². The standard InChI is InChI=1S/C20H21N3O2S/c1-2-8-16-9-6-7-12-19(16)25-13-18(24)14-26-20-21-15-23(22-20)17-10-4-3-5-11-17/h2-7,9-12,15,18,24H,1,8,13-14H2. The Morgan fingerprint density at radius 1 is 1.15 bits per heavy atom. The molecule has 0 bridgehead atoms. The molecule has 0 aliphatic rings. The third-order valence-electron chi connectivity index (χ3n) is 3.66. The van der Waals surface area contributed by atoms with Crippen LogP contribution >= 0.6 is 11.8 Å². The second-order valence-corrected chi connectivity index (χ2v) is 6.67. The normalized spacial score (nSPS) is 11.9. The molecule has 0 aliphatic carbocycles. The fourth-order valence-electron chi connectivity index (χ4n) is 2.39. The van der Waals surface area contributed by atoms with Crippen LogP contribution in [0.3, 0.4) is 0 Å². The van der Waals surface area contributed by atoms with Crippen LogP contribution in [0.1, 0.15) is 5.56 Å². The van der Waals surface area contributed by atoms with Crippen molar-refractivity contribution in [3.8, 4) is 11.4 Å². The van der Waals surface area contributed by atoms with Crippen molar-refractivity contribution in [3.63, 3.8) is 0 Å². The zero-order chi connectivity index (χ0) is 18.2. The van der Waals surface area contributed by atoms with Gasteiger partial charge in [0, 0.05) is 5.75 Å². The van der Waals surface area contributed by atoms with E-state index in [0.717, 1.165) is 23.4 Å². The number of hydrogen-bond donors (Lipinski definition) is 1. The molecule has 1 aromatic heterocycles. The Labute approximate surface area is 157 Å². The van der Waals surface area contributed by atoms with Crippen LogP contribution in [0.2, 0.25) is 0 Å². The molecule has 0 saturated carbocycles. The first-order valence-electron chi connectivity index (χ1n) is 8.36. The van der Waals surface area contributed by atoms with Gasteiger partial charge in [0.15, 0.2) is 0 Å². The van der Waals surface area contributed by atoms with Crippen LogP contribution in [0.15, 0.2) is 78.7 Å². The van der Waals surface area contributed by atoms with E-state index in [2.05, 4.69) is 16.7 Å². The lowest BCUT2D eigenvalue weighted by atomic mass is 10.1. The zero-order valence-corrected chi connectivity index (χ0v) is 15.2. The van der Waals surface area contributed by atoms with Gasteiger partial charge in [0.05, 0.1) is 11.8 Å². The van der Waals surface area contributed by atoms with Crippen LogP contribution in [0.4, 0.5) is 0 Å². The smallest absolute Gasteiger partial charge is 0.208 e. The lowest BCUT2D eigenvalue weighted by molar-refractivity contribution is 0.126. The van der Waals surface area contributed by atoms with Gasteiger partial charge in [0.25, 0.3) is 0 Å². The van der Waals surface area contributed by atoms with Gasteiger partial charge in [-0.3, -0.25) is 0 Å². The summed E-state index contributed by atoms with van der Waals surface area (Å²) in [6.07, 6.45) is 3.64. The average molecular weight is 367 g/mol. The van der Waals surface area contributed by atoms with Crippen LogP contribution in [0.5, 0.6) is 5.75 Å². The number of allylic oxidation sites excluding steroid dienone is 1. The summed E-state index contributed by atoms with van der Waals surface area (Å²) in [5.74, 6) is 1.24. The van der Waals surface area contributed by atoms with Gasteiger partial charge in [0.1, 0.15) is 18.7 Å². The summed E-state index contributed by atoms with van der Waals surface area (Å²) < 4.78 is 7.48. The van der Waals surface area contributed by atoms with E-state index in [1.807, 2.05) is 60.7 Å². The van der Waals surface area contributed by atoms with E-state index in [1.54, 1.807) is 11.0 Å². The van der Waals surface area contributed by atoms with E-state index >= 15 is 0 Å². The highest BCUT2D eigenvalue weighted by molar-refractivity contribution is 7.99. The molecule has 1 atom stereocenters. The van der Waals surface area contributed by atoms with Crippen LogP contribution in [-0.4, -0.2) is 38.3 Å². The van der Waals surface area contributed by atoms with Crippen molar-refractivity contribution in [2.75, 3.05) is 12.4 Å². The molecule has 134 valence electrons. The lowest BCUT2D eigenvalue weighted by Crippen LogP contribution is -2.20. The van der Waals surface area contributed by atoms with Gasteiger partial charge in [-0.25, -0.2) is 9.67 Å². The topological polar surface area (TPSA) is 60.2 Å². The molecule has 3 rings (SSSR count). The highest BCUT2D eigenvalue weighted by Gasteiger charge is 2.11. The molecule has 0 radical (unpaired) electrons. The summed E-state index contributed by atoms with van der Waals surface area (Å²) in [7, 11) is 0. The zero-order valence-electron chi connectivity index (χ0n) is 14.4. The second-order valence-electron chi connectivity index (χ2n) is 5.68. The molecule has 0 amide bonds. The number of nitrogens with zero attached hydrogens (tertiary/aromatic N) is 3. The van der Waals surface area contributed by atoms with Crippen molar-refractivity contribution < 1.29 is 9.84 Å². The first-order valence-corrected chi connectivity index (χ1v) is 9.34. The van der Waals surface area contributed by atoms with Crippen LogP contribution in [0, 0.1) is 0 Å². The summed E-state index contributed by atoms with van der Waals surface area (Å²) in [5.41, 5.74) is 2.01. The number of ether oxygens (including phenoxy) is 1. The number of benzene rings is 2. The van der Waals surface area contributed by atoms with E-state index in [0.29, 0.717) is 10.9 Å². The average Bonchev–Trinajstić information content (AvgIpc) is 3.16. The highest BCUT2D eigenvalue weighted by Crippen LogP contribution is 2.20. The Bertz CT molecular complexity index is 836.